The Morgan fingerprint density at radius 2 is 2.00 bits per heavy atom. The minimum Gasteiger partial charge on any atom is -0.325 e. The molecule has 3 nitrogen and oxygen atoms in total. The van der Waals surface area contributed by atoms with Crippen LogP contribution in [0.5, 0.6) is 0 Å². The Morgan fingerprint density at radius 3 is 2.70 bits per heavy atom. The van der Waals surface area contributed by atoms with Crippen LogP contribution < -0.4 is 0 Å². The lowest BCUT2D eigenvalue weighted by molar-refractivity contribution is 0.535. The molecule has 0 fully saturated rings. The lowest BCUT2D eigenvalue weighted by Crippen LogP contribution is -2.18. The Kier molecular flexibility index (Phi) is 3.87. The predicted molar refractivity (Wildman–Crippen MR) is 93.7 cm³/mol. The smallest absolute Gasteiger partial charge is 0.140 e. The van der Waals surface area contributed by atoms with Gasteiger partial charge in [-0.05, 0) is 35.9 Å². The van der Waals surface area contributed by atoms with Crippen LogP contribution >= 0.6 is 11.6 Å². The van der Waals surface area contributed by atoms with Crippen molar-refractivity contribution in [2.75, 3.05) is 0 Å². The molecule has 1 aromatic carbocycles. The molecule has 0 amide bonds. The largest absolute Gasteiger partial charge is 0.325 e. The number of hydrogen-bond acceptors (Lipinski definition) is 2. The average molecular weight is 324 g/mol. The van der Waals surface area contributed by atoms with E-state index in [1.807, 2.05) is 18.2 Å². The van der Waals surface area contributed by atoms with Gasteiger partial charge in [-0.3, -0.25) is 0 Å². The summed E-state index contributed by atoms with van der Waals surface area (Å²) in [6.45, 7) is 7.16. The van der Waals surface area contributed by atoms with Crippen LogP contribution in [0, 0.1) is 11.3 Å². The summed E-state index contributed by atoms with van der Waals surface area (Å²) in [4.78, 5) is 4.54. The fourth-order valence-corrected chi connectivity index (χ4v) is 3.00. The molecule has 0 unspecified atom stereocenters. The van der Waals surface area contributed by atoms with E-state index >= 15 is 0 Å². The summed E-state index contributed by atoms with van der Waals surface area (Å²) in [7, 11) is 0. The van der Waals surface area contributed by atoms with E-state index in [1.165, 1.54) is 5.69 Å². The highest BCUT2D eigenvalue weighted by Crippen LogP contribution is 2.30. The molecule has 0 atom stereocenters. The number of aromatic nitrogens is 2. The van der Waals surface area contributed by atoms with Crippen molar-refractivity contribution in [3.8, 4) is 6.07 Å². The number of benzene rings is 1. The summed E-state index contributed by atoms with van der Waals surface area (Å²) < 4.78 is 2.19. The van der Waals surface area contributed by atoms with Crippen LogP contribution in [-0.2, 0) is 12.0 Å². The van der Waals surface area contributed by atoms with Crippen LogP contribution in [0.3, 0.4) is 0 Å². The zero-order valence-electron chi connectivity index (χ0n) is 13.5. The molecule has 116 valence electrons. The Morgan fingerprint density at radius 1 is 1.22 bits per heavy atom. The highest BCUT2D eigenvalue weighted by molar-refractivity contribution is 6.30. The van der Waals surface area contributed by atoms with E-state index in [-0.39, 0.29) is 5.41 Å². The topological polar surface area (TPSA) is 41.6 Å². The van der Waals surface area contributed by atoms with E-state index in [0.717, 1.165) is 16.6 Å². The molecule has 3 aromatic rings. The second kappa shape index (κ2) is 5.72. The maximum absolute atomic E-state index is 9.38. The number of rotatable bonds is 2. The van der Waals surface area contributed by atoms with Gasteiger partial charge in [0.2, 0.25) is 0 Å². The van der Waals surface area contributed by atoms with Gasteiger partial charge in [-0.1, -0.05) is 38.4 Å². The van der Waals surface area contributed by atoms with Crippen LogP contribution in [0.15, 0.2) is 42.6 Å². The van der Waals surface area contributed by atoms with Gasteiger partial charge in [0.1, 0.15) is 5.65 Å². The number of nitrogens with zero attached hydrogens (tertiary/aromatic N) is 3. The average Bonchev–Trinajstić information content (AvgIpc) is 2.88. The fraction of sp³-hybridized carbons (Fsp3) is 0.263. The minimum absolute atomic E-state index is 0.0140. The molecule has 0 aliphatic rings. The van der Waals surface area contributed by atoms with E-state index < -0.39 is 0 Å². The first kappa shape index (κ1) is 15.6. The molecule has 23 heavy (non-hydrogen) atoms. The fourth-order valence-electron chi connectivity index (χ4n) is 2.83. The molecule has 0 bridgehead atoms. The van der Waals surface area contributed by atoms with Crippen molar-refractivity contribution in [2.24, 2.45) is 0 Å². The second-order valence-electron chi connectivity index (χ2n) is 6.70. The van der Waals surface area contributed by atoms with Crippen molar-refractivity contribution in [1.82, 2.24) is 9.55 Å². The van der Waals surface area contributed by atoms with Crippen molar-refractivity contribution in [2.45, 2.75) is 32.7 Å². The highest BCUT2D eigenvalue weighted by Gasteiger charge is 2.22. The molecular formula is C19H18ClN3. The standard InChI is InChI=1S/C19H18ClN3/c1-19(2,3)17-10-13-5-4-8-22-18(13)23(17)12-14-6-7-16(20)9-15(14)11-21/h4-10H,12H2,1-3H3. The van der Waals surface area contributed by atoms with E-state index in [1.54, 1.807) is 12.3 Å². The predicted octanol–water partition coefficient (Wildman–Crippen LogP) is 4.91. The number of halogens is 1. The normalized spacial score (nSPS) is 11.6. The van der Waals surface area contributed by atoms with E-state index in [0.29, 0.717) is 17.1 Å². The SMILES string of the molecule is CC(C)(C)c1cc2cccnc2n1Cc1ccc(Cl)cc1C#N. The number of fused-ring (bicyclic) bond motifs is 1. The second-order valence-corrected chi connectivity index (χ2v) is 7.13. The Hall–Kier alpha value is -2.31. The van der Waals surface area contributed by atoms with Crippen molar-refractivity contribution in [3.05, 3.63) is 64.4 Å². The van der Waals surface area contributed by atoms with Crippen LogP contribution in [0.1, 0.15) is 37.6 Å². The third kappa shape index (κ3) is 2.95. The van der Waals surface area contributed by atoms with Gasteiger partial charge >= 0.3 is 0 Å². The summed E-state index contributed by atoms with van der Waals surface area (Å²) in [6, 6.07) is 13.9. The van der Waals surface area contributed by atoms with Gasteiger partial charge in [0, 0.05) is 27.7 Å². The molecule has 0 aliphatic carbocycles. The third-order valence-electron chi connectivity index (χ3n) is 3.94. The number of nitriles is 1. The minimum atomic E-state index is -0.0140. The highest BCUT2D eigenvalue weighted by atomic mass is 35.5. The summed E-state index contributed by atoms with van der Waals surface area (Å²) >= 11 is 6.01. The lowest BCUT2D eigenvalue weighted by Gasteiger charge is -2.22. The van der Waals surface area contributed by atoms with Gasteiger partial charge in [0.05, 0.1) is 18.2 Å². The summed E-state index contributed by atoms with van der Waals surface area (Å²) in [5.74, 6) is 0. The van der Waals surface area contributed by atoms with Crippen LogP contribution in [0.2, 0.25) is 5.02 Å². The quantitative estimate of drug-likeness (QED) is 0.672. The van der Waals surface area contributed by atoms with E-state index in [4.69, 9.17) is 11.6 Å². The summed E-state index contributed by atoms with van der Waals surface area (Å²) in [6.07, 6.45) is 1.80. The van der Waals surface area contributed by atoms with Gasteiger partial charge in [-0.25, -0.2) is 4.98 Å². The molecule has 0 spiro atoms. The van der Waals surface area contributed by atoms with Crippen molar-refractivity contribution >= 4 is 22.6 Å². The molecule has 0 saturated carbocycles. The van der Waals surface area contributed by atoms with Gasteiger partial charge in [0.15, 0.2) is 0 Å². The molecule has 2 heterocycles. The van der Waals surface area contributed by atoms with E-state index in [9.17, 15) is 5.26 Å². The first-order valence-corrected chi connectivity index (χ1v) is 7.91. The van der Waals surface area contributed by atoms with Gasteiger partial charge in [-0.15, -0.1) is 0 Å². The van der Waals surface area contributed by atoms with E-state index in [2.05, 4.69) is 48.5 Å². The molecule has 0 radical (unpaired) electrons. The number of pyridine rings is 1. The maximum atomic E-state index is 9.38. The molecular weight excluding hydrogens is 306 g/mol. The Labute approximate surface area is 141 Å². The first-order chi connectivity index (χ1) is 10.9. The van der Waals surface area contributed by atoms with Gasteiger partial charge in [0.25, 0.3) is 0 Å². The summed E-state index contributed by atoms with van der Waals surface area (Å²) in [5, 5.41) is 11.1. The Bertz CT molecular complexity index is 910. The first-order valence-electron chi connectivity index (χ1n) is 7.53. The maximum Gasteiger partial charge on any atom is 0.140 e. The number of hydrogen-bond donors (Lipinski definition) is 0. The molecule has 0 saturated heterocycles. The molecule has 3 rings (SSSR count). The Balaban J connectivity index is 2.18. The van der Waals surface area contributed by atoms with Crippen LogP contribution in [0.4, 0.5) is 0 Å². The zero-order valence-corrected chi connectivity index (χ0v) is 14.2. The third-order valence-corrected chi connectivity index (χ3v) is 4.18. The van der Waals surface area contributed by atoms with Gasteiger partial charge < -0.3 is 4.57 Å². The molecule has 2 aromatic heterocycles. The van der Waals surface area contributed by atoms with Crippen molar-refractivity contribution in [1.29, 1.82) is 5.26 Å². The van der Waals surface area contributed by atoms with Crippen molar-refractivity contribution in [3.63, 3.8) is 0 Å². The van der Waals surface area contributed by atoms with Crippen molar-refractivity contribution < 1.29 is 0 Å². The van der Waals surface area contributed by atoms with Gasteiger partial charge in [-0.2, -0.15) is 5.26 Å². The van der Waals surface area contributed by atoms with Crippen LogP contribution in [0.25, 0.3) is 11.0 Å². The lowest BCUT2D eigenvalue weighted by atomic mass is 9.92. The van der Waals surface area contributed by atoms with Crippen LogP contribution in [-0.4, -0.2) is 9.55 Å². The molecule has 0 N–H and O–H groups in total. The zero-order chi connectivity index (χ0) is 16.6. The molecule has 4 heteroatoms. The summed E-state index contributed by atoms with van der Waals surface area (Å²) in [5.41, 5.74) is 3.68. The molecule has 0 aliphatic heterocycles. The monoisotopic (exact) mass is 323 g/mol.